The maximum atomic E-state index is 4.73. The Balaban J connectivity index is 2.56. The second kappa shape index (κ2) is 5.61. The van der Waals surface area contributed by atoms with E-state index in [1.54, 1.807) is 0 Å². The van der Waals surface area contributed by atoms with Crippen LogP contribution in [-0.2, 0) is 13.0 Å². The molecule has 0 saturated carbocycles. The van der Waals surface area contributed by atoms with Crippen molar-refractivity contribution in [3.8, 4) is 0 Å². The lowest BCUT2D eigenvalue weighted by molar-refractivity contribution is 0.773. The van der Waals surface area contributed by atoms with Gasteiger partial charge in [0.1, 0.15) is 5.82 Å². The zero-order chi connectivity index (χ0) is 13.1. The number of imidazole rings is 1. The van der Waals surface area contributed by atoms with Gasteiger partial charge in [0, 0.05) is 13.0 Å². The molecular weight excluding hydrogens is 240 g/mol. The predicted molar refractivity (Wildman–Crippen MR) is 81.6 cm³/mol. The van der Waals surface area contributed by atoms with E-state index in [4.69, 9.17) is 4.98 Å². The zero-order valence-corrected chi connectivity index (χ0v) is 12.0. The summed E-state index contributed by atoms with van der Waals surface area (Å²) in [4.78, 5) is 4.73. The Morgan fingerprint density at radius 2 is 2.22 bits per heavy atom. The van der Waals surface area contributed by atoms with Crippen molar-refractivity contribution in [1.82, 2.24) is 9.55 Å². The van der Waals surface area contributed by atoms with Crippen LogP contribution in [0, 0.1) is 0 Å². The Morgan fingerprint density at radius 3 is 2.83 bits per heavy atom. The van der Waals surface area contributed by atoms with E-state index >= 15 is 0 Å². The summed E-state index contributed by atoms with van der Waals surface area (Å²) in [5.74, 6) is 2.45. The van der Waals surface area contributed by atoms with Crippen LogP contribution < -0.4 is 0 Å². The van der Waals surface area contributed by atoms with Crippen LogP contribution >= 0.6 is 12.6 Å². The van der Waals surface area contributed by atoms with Gasteiger partial charge in [-0.25, -0.2) is 4.98 Å². The standard InChI is InChI=1S/C15H20N2S/c1-4-8-17-14-6-5-12(11(2)3)10-13(14)16-15(17)7-9-18/h4-6,10-11,18H,1,7-9H2,2-3H3. The van der Waals surface area contributed by atoms with Crippen molar-refractivity contribution >= 4 is 23.7 Å². The van der Waals surface area contributed by atoms with Crippen LogP contribution in [0.2, 0.25) is 0 Å². The van der Waals surface area contributed by atoms with Crippen LogP contribution in [0.4, 0.5) is 0 Å². The van der Waals surface area contributed by atoms with Crippen LogP contribution in [0.25, 0.3) is 11.0 Å². The van der Waals surface area contributed by atoms with Gasteiger partial charge in [-0.15, -0.1) is 6.58 Å². The number of thiol groups is 1. The lowest BCUT2D eigenvalue weighted by Crippen LogP contribution is -2.02. The van der Waals surface area contributed by atoms with Gasteiger partial charge in [0.25, 0.3) is 0 Å². The molecule has 0 radical (unpaired) electrons. The summed E-state index contributed by atoms with van der Waals surface area (Å²) >= 11 is 4.30. The van der Waals surface area contributed by atoms with Crippen molar-refractivity contribution in [2.45, 2.75) is 32.7 Å². The number of benzene rings is 1. The smallest absolute Gasteiger partial charge is 0.110 e. The number of hydrogen-bond donors (Lipinski definition) is 1. The van der Waals surface area contributed by atoms with E-state index in [2.05, 4.69) is 55.8 Å². The minimum absolute atomic E-state index is 0.535. The summed E-state index contributed by atoms with van der Waals surface area (Å²) in [6.07, 6.45) is 2.81. The molecule has 18 heavy (non-hydrogen) atoms. The molecule has 0 aliphatic carbocycles. The molecule has 0 saturated heterocycles. The van der Waals surface area contributed by atoms with Gasteiger partial charge in [-0.2, -0.15) is 12.6 Å². The minimum Gasteiger partial charge on any atom is -0.324 e. The highest BCUT2D eigenvalue weighted by molar-refractivity contribution is 7.80. The lowest BCUT2D eigenvalue weighted by atomic mass is 10.0. The molecule has 0 spiro atoms. The zero-order valence-electron chi connectivity index (χ0n) is 11.1. The quantitative estimate of drug-likeness (QED) is 0.639. The van der Waals surface area contributed by atoms with Gasteiger partial charge in [-0.3, -0.25) is 0 Å². The maximum absolute atomic E-state index is 4.73. The van der Waals surface area contributed by atoms with E-state index < -0.39 is 0 Å². The van der Waals surface area contributed by atoms with Crippen LogP contribution in [0.5, 0.6) is 0 Å². The molecule has 0 bridgehead atoms. The molecule has 1 aromatic heterocycles. The van der Waals surface area contributed by atoms with Gasteiger partial charge in [0.15, 0.2) is 0 Å². The van der Waals surface area contributed by atoms with E-state index in [1.165, 1.54) is 11.1 Å². The Hall–Kier alpha value is -1.22. The van der Waals surface area contributed by atoms with Crippen molar-refractivity contribution in [3.63, 3.8) is 0 Å². The predicted octanol–water partition coefficient (Wildman–Crippen LogP) is 3.82. The summed E-state index contributed by atoms with van der Waals surface area (Å²) in [6, 6.07) is 6.56. The van der Waals surface area contributed by atoms with E-state index in [-0.39, 0.29) is 0 Å². The Bertz CT molecular complexity index is 555. The van der Waals surface area contributed by atoms with Gasteiger partial charge in [0.05, 0.1) is 11.0 Å². The summed E-state index contributed by atoms with van der Waals surface area (Å²) in [6.45, 7) is 9.04. The molecule has 0 fully saturated rings. The molecule has 3 heteroatoms. The van der Waals surface area contributed by atoms with Gasteiger partial charge in [-0.05, 0) is 29.4 Å². The fraction of sp³-hybridized carbons (Fsp3) is 0.400. The highest BCUT2D eigenvalue weighted by Gasteiger charge is 2.10. The number of fused-ring (bicyclic) bond motifs is 1. The Kier molecular flexibility index (Phi) is 4.12. The molecule has 2 rings (SSSR count). The second-order valence-electron chi connectivity index (χ2n) is 4.80. The first-order valence-corrected chi connectivity index (χ1v) is 7.01. The van der Waals surface area contributed by atoms with Crippen LogP contribution in [0.3, 0.4) is 0 Å². The van der Waals surface area contributed by atoms with E-state index in [0.29, 0.717) is 5.92 Å². The van der Waals surface area contributed by atoms with Gasteiger partial charge < -0.3 is 4.57 Å². The largest absolute Gasteiger partial charge is 0.324 e. The van der Waals surface area contributed by atoms with Crippen molar-refractivity contribution in [2.75, 3.05) is 5.75 Å². The molecule has 0 unspecified atom stereocenters. The van der Waals surface area contributed by atoms with Gasteiger partial charge >= 0.3 is 0 Å². The van der Waals surface area contributed by atoms with Crippen molar-refractivity contribution in [3.05, 3.63) is 42.2 Å². The summed E-state index contributed by atoms with van der Waals surface area (Å²) in [5, 5.41) is 0. The molecule has 0 N–H and O–H groups in total. The first-order valence-electron chi connectivity index (χ1n) is 6.38. The number of aryl methyl sites for hydroxylation is 1. The van der Waals surface area contributed by atoms with E-state index in [0.717, 1.165) is 30.1 Å². The second-order valence-corrected chi connectivity index (χ2v) is 5.25. The Labute approximate surface area is 114 Å². The van der Waals surface area contributed by atoms with E-state index in [9.17, 15) is 0 Å². The number of nitrogens with zero attached hydrogens (tertiary/aromatic N) is 2. The highest BCUT2D eigenvalue weighted by Crippen LogP contribution is 2.22. The van der Waals surface area contributed by atoms with Crippen LogP contribution in [-0.4, -0.2) is 15.3 Å². The number of rotatable bonds is 5. The number of aromatic nitrogens is 2. The topological polar surface area (TPSA) is 17.8 Å². The molecule has 1 heterocycles. The molecule has 0 aliphatic heterocycles. The summed E-state index contributed by atoms with van der Waals surface area (Å²) in [7, 11) is 0. The first kappa shape index (κ1) is 13.2. The minimum atomic E-state index is 0.535. The summed E-state index contributed by atoms with van der Waals surface area (Å²) < 4.78 is 2.22. The molecule has 0 atom stereocenters. The average Bonchev–Trinajstić information content (AvgIpc) is 2.68. The molecule has 0 aliphatic rings. The van der Waals surface area contributed by atoms with Gasteiger partial charge in [0.2, 0.25) is 0 Å². The number of allylic oxidation sites excluding steroid dienone is 1. The molecular formula is C15H20N2S. The molecule has 96 valence electrons. The van der Waals surface area contributed by atoms with Crippen molar-refractivity contribution < 1.29 is 0 Å². The molecule has 1 aromatic carbocycles. The SMILES string of the molecule is C=CCn1c(CCS)nc2cc(C(C)C)ccc21. The average molecular weight is 260 g/mol. The third-order valence-electron chi connectivity index (χ3n) is 3.17. The van der Waals surface area contributed by atoms with Gasteiger partial charge in [-0.1, -0.05) is 26.0 Å². The lowest BCUT2D eigenvalue weighted by Gasteiger charge is -2.06. The third kappa shape index (κ3) is 2.46. The summed E-state index contributed by atoms with van der Waals surface area (Å²) in [5.41, 5.74) is 3.61. The normalized spacial score (nSPS) is 11.3. The van der Waals surface area contributed by atoms with Crippen molar-refractivity contribution in [2.24, 2.45) is 0 Å². The monoisotopic (exact) mass is 260 g/mol. The maximum Gasteiger partial charge on any atom is 0.110 e. The third-order valence-corrected chi connectivity index (χ3v) is 3.39. The molecule has 2 aromatic rings. The Morgan fingerprint density at radius 1 is 1.44 bits per heavy atom. The molecule has 0 amide bonds. The van der Waals surface area contributed by atoms with Crippen LogP contribution in [0.1, 0.15) is 31.2 Å². The van der Waals surface area contributed by atoms with Crippen LogP contribution in [0.15, 0.2) is 30.9 Å². The fourth-order valence-corrected chi connectivity index (χ4v) is 2.38. The number of hydrogen-bond acceptors (Lipinski definition) is 2. The fourth-order valence-electron chi connectivity index (χ4n) is 2.18. The highest BCUT2D eigenvalue weighted by atomic mass is 32.1. The van der Waals surface area contributed by atoms with E-state index in [1.807, 2.05) is 6.08 Å². The first-order chi connectivity index (χ1) is 8.67. The molecule has 2 nitrogen and oxygen atoms in total. The van der Waals surface area contributed by atoms with Crippen molar-refractivity contribution in [1.29, 1.82) is 0 Å².